The van der Waals surface area contributed by atoms with E-state index >= 15 is 0 Å². The Morgan fingerprint density at radius 3 is 2.69 bits per heavy atom. The third kappa shape index (κ3) is 2.64. The van der Waals surface area contributed by atoms with Gasteiger partial charge >= 0.3 is 0 Å². The molecule has 1 aliphatic carbocycles. The van der Waals surface area contributed by atoms with Crippen LogP contribution >= 0.6 is 0 Å². The zero-order valence-electron chi connectivity index (χ0n) is 8.56. The molecule has 0 aromatic carbocycles. The zero-order valence-corrected chi connectivity index (χ0v) is 8.56. The van der Waals surface area contributed by atoms with E-state index in [1.54, 1.807) is 6.92 Å². The van der Waals surface area contributed by atoms with Crippen molar-refractivity contribution in [2.45, 2.75) is 52.4 Å². The fraction of sp³-hybridized carbons (Fsp3) is 0.818. The maximum Gasteiger partial charge on any atom is 0.138 e. The Morgan fingerprint density at radius 1 is 1.46 bits per heavy atom. The average molecular weight is 182 g/mol. The van der Waals surface area contributed by atoms with Crippen molar-refractivity contribution in [3.63, 3.8) is 0 Å². The molecule has 0 aromatic rings. The van der Waals surface area contributed by atoms with E-state index in [1.807, 2.05) is 6.92 Å². The van der Waals surface area contributed by atoms with E-state index in [2.05, 4.69) is 0 Å². The molecule has 1 aliphatic rings. The van der Waals surface area contributed by atoms with Gasteiger partial charge in [-0.15, -0.1) is 0 Å². The van der Waals surface area contributed by atoms with Crippen molar-refractivity contribution in [1.29, 1.82) is 0 Å². The first-order valence-corrected chi connectivity index (χ1v) is 5.07. The number of hydrogen-bond acceptors (Lipinski definition) is 2. The zero-order chi connectivity index (χ0) is 9.90. The molecule has 1 fully saturated rings. The molecule has 2 heteroatoms. The number of rotatable bonds is 3. The molecule has 0 bridgehead atoms. The standard InChI is InChI=1S/C11H18O2/c1-9(12)6-8-11(2)7-4-3-5-10(11)13/h3-8H2,1-2H3/t11-/m1/s1. The fourth-order valence-corrected chi connectivity index (χ4v) is 1.96. The molecular formula is C11H18O2. The second kappa shape index (κ2) is 4.03. The Kier molecular flexibility index (Phi) is 3.23. The number of hydrogen-bond donors (Lipinski definition) is 0. The van der Waals surface area contributed by atoms with Crippen molar-refractivity contribution in [3.8, 4) is 0 Å². The third-order valence-corrected chi connectivity index (χ3v) is 3.08. The van der Waals surface area contributed by atoms with Crippen LogP contribution in [0, 0.1) is 5.41 Å². The van der Waals surface area contributed by atoms with Gasteiger partial charge in [-0.3, -0.25) is 4.79 Å². The van der Waals surface area contributed by atoms with Crippen LogP contribution in [0.1, 0.15) is 52.4 Å². The normalized spacial score (nSPS) is 28.9. The molecule has 1 atom stereocenters. The van der Waals surface area contributed by atoms with E-state index in [4.69, 9.17) is 0 Å². The minimum atomic E-state index is -0.191. The number of carbonyl (C=O) groups excluding carboxylic acids is 2. The largest absolute Gasteiger partial charge is 0.300 e. The van der Waals surface area contributed by atoms with Gasteiger partial charge in [0.05, 0.1) is 0 Å². The van der Waals surface area contributed by atoms with Gasteiger partial charge in [-0.05, 0) is 26.2 Å². The molecule has 0 aromatic heterocycles. The van der Waals surface area contributed by atoms with E-state index in [1.165, 1.54) is 0 Å². The van der Waals surface area contributed by atoms with Crippen LogP contribution in [0.5, 0.6) is 0 Å². The summed E-state index contributed by atoms with van der Waals surface area (Å²) in [6.07, 6.45) is 5.17. The topological polar surface area (TPSA) is 34.1 Å². The summed E-state index contributed by atoms with van der Waals surface area (Å²) in [5.74, 6) is 0.555. The predicted molar refractivity (Wildman–Crippen MR) is 51.5 cm³/mol. The van der Waals surface area contributed by atoms with Crippen molar-refractivity contribution in [2.24, 2.45) is 5.41 Å². The van der Waals surface area contributed by atoms with Gasteiger partial charge < -0.3 is 4.79 Å². The van der Waals surface area contributed by atoms with Crippen molar-refractivity contribution in [2.75, 3.05) is 0 Å². The Balaban J connectivity index is 2.51. The Hall–Kier alpha value is -0.660. The van der Waals surface area contributed by atoms with Crippen LogP contribution in [0.15, 0.2) is 0 Å². The van der Waals surface area contributed by atoms with Gasteiger partial charge in [-0.1, -0.05) is 13.3 Å². The Morgan fingerprint density at radius 2 is 2.15 bits per heavy atom. The molecule has 0 spiro atoms. The highest BCUT2D eigenvalue weighted by Crippen LogP contribution is 2.36. The predicted octanol–water partition coefficient (Wildman–Crippen LogP) is 2.51. The molecule has 0 saturated heterocycles. The summed E-state index contributed by atoms with van der Waals surface area (Å²) in [6, 6.07) is 0. The lowest BCUT2D eigenvalue weighted by molar-refractivity contribution is -0.131. The van der Waals surface area contributed by atoms with Gasteiger partial charge in [0.25, 0.3) is 0 Å². The maximum atomic E-state index is 11.6. The molecule has 0 aliphatic heterocycles. The van der Waals surface area contributed by atoms with Crippen LogP contribution in [0.2, 0.25) is 0 Å². The van der Waals surface area contributed by atoms with Crippen LogP contribution in [0.3, 0.4) is 0 Å². The first-order valence-electron chi connectivity index (χ1n) is 5.07. The van der Waals surface area contributed by atoms with Crippen molar-refractivity contribution < 1.29 is 9.59 Å². The molecule has 1 rings (SSSR count). The number of Topliss-reactive ketones (excluding diaryl/α,β-unsaturated/α-hetero) is 2. The first-order chi connectivity index (χ1) is 6.04. The van der Waals surface area contributed by atoms with Crippen molar-refractivity contribution >= 4 is 11.6 Å². The highest BCUT2D eigenvalue weighted by molar-refractivity contribution is 5.86. The lowest BCUT2D eigenvalue weighted by atomic mass is 9.71. The third-order valence-electron chi connectivity index (χ3n) is 3.08. The summed E-state index contributed by atoms with van der Waals surface area (Å²) in [6.45, 7) is 3.61. The van der Waals surface area contributed by atoms with Gasteiger partial charge in [0.1, 0.15) is 11.6 Å². The van der Waals surface area contributed by atoms with Crippen LogP contribution in [-0.4, -0.2) is 11.6 Å². The maximum absolute atomic E-state index is 11.6. The van der Waals surface area contributed by atoms with Gasteiger partial charge in [-0.25, -0.2) is 0 Å². The average Bonchev–Trinajstić information content (AvgIpc) is 2.07. The second-order valence-corrected chi connectivity index (χ2v) is 4.39. The molecule has 1 saturated carbocycles. The van der Waals surface area contributed by atoms with Gasteiger partial charge in [0, 0.05) is 18.3 Å². The summed E-state index contributed by atoms with van der Waals surface area (Å²) in [4.78, 5) is 22.4. The molecule has 0 amide bonds. The quantitative estimate of drug-likeness (QED) is 0.672. The second-order valence-electron chi connectivity index (χ2n) is 4.39. The lowest BCUT2D eigenvalue weighted by Crippen LogP contribution is -2.31. The van der Waals surface area contributed by atoms with Crippen molar-refractivity contribution in [3.05, 3.63) is 0 Å². The van der Waals surface area contributed by atoms with Gasteiger partial charge in [0.15, 0.2) is 0 Å². The van der Waals surface area contributed by atoms with Crippen LogP contribution in [0.4, 0.5) is 0 Å². The molecule has 74 valence electrons. The van der Waals surface area contributed by atoms with E-state index in [0.29, 0.717) is 18.6 Å². The van der Waals surface area contributed by atoms with E-state index in [0.717, 1.165) is 25.7 Å². The Labute approximate surface area is 79.7 Å². The van der Waals surface area contributed by atoms with E-state index < -0.39 is 0 Å². The number of ketones is 2. The summed E-state index contributed by atoms with van der Waals surface area (Å²) < 4.78 is 0. The molecule has 13 heavy (non-hydrogen) atoms. The molecule has 0 radical (unpaired) electrons. The van der Waals surface area contributed by atoms with Crippen LogP contribution in [-0.2, 0) is 9.59 Å². The SMILES string of the molecule is CC(=O)CC[C@@]1(C)CCCCC1=O. The van der Waals surface area contributed by atoms with Gasteiger partial charge in [-0.2, -0.15) is 0 Å². The highest BCUT2D eigenvalue weighted by atomic mass is 16.1. The summed E-state index contributed by atoms with van der Waals surface area (Å²) in [5, 5.41) is 0. The summed E-state index contributed by atoms with van der Waals surface area (Å²) in [7, 11) is 0. The van der Waals surface area contributed by atoms with E-state index in [-0.39, 0.29) is 11.2 Å². The van der Waals surface area contributed by atoms with Crippen molar-refractivity contribution in [1.82, 2.24) is 0 Å². The smallest absolute Gasteiger partial charge is 0.138 e. The monoisotopic (exact) mass is 182 g/mol. The molecule has 0 unspecified atom stereocenters. The minimum absolute atomic E-state index is 0.191. The van der Waals surface area contributed by atoms with Gasteiger partial charge in [0.2, 0.25) is 0 Å². The minimum Gasteiger partial charge on any atom is -0.300 e. The summed E-state index contributed by atoms with van der Waals surface area (Å²) >= 11 is 0. The molecular weight excluding hydrogens is 164 g/mol. The highest BCUT2D eigenvalue weighted by Gasteiger charge is 2.34. The fourth-order valence-electron chi connectivity index (χ4n) is 1.96. The van der Waals surface area contributed by atoms with E-state index in [9.17, 15) is 9.59 Å². The summed E-state index contributed by atoms with van der Waals surface area (Å²) in [5.41, 5.74) is -0.191. The molecule has 0 N–H and O–H groups in total. The molecule has 0 heterocycles. The first kappa shape index (κ1) is 10.4. The lowest BCUT2D eigenvalue weighted by Gasteiger charge is -2.31. The molecule has 2 nitrogen and oxygen atoms in total. The Bertz CT molecular complexity index is 220. The van der Waals surface area contributed by atoms with Crippen LogP contribution < -0.4 is 0 Å². The number of carbonyl (C=O) groups is 2. The van der Waals surface area contributed by atoms with Crippen LogP contribution in [0.25, 0.3) is 0 Å².